The second kappa shape index (κ2) is 4.03. The van der Waals surface area contributed by atoms with E-state index in [0.29, 0.717) is 0 Å². The lowest BCUT2D eigenvalue weighted by molar-refractivity contribution is -0.121. The predicted octanol–water partition coefficient (Wildman–Crippen LogP) is 1.20. The summed E-state index contributed by atoms with van der Waals surface area (Å²) in [5.74, 6) is 0.230. The zero-order valence-corrected chi connectivity index (χ0v) is 9.08. The molecule has 3 nitrogen and oxygen atoms in total. The first-order chi connectivity index (χ1) is 7.22. The van der Waals surface area contributed by atoms with Gasteiger partial charge in [0.05, 0.1) is 12.1 Å². The average Bonchev–Trinajstić information content (AvgIpc) is 2.70. The van der Waals surface area contributed by atoms with Crippen LogP contribution in [0, 0.1) is 0 Å². The van der Waals surface area contributed by atoms with Gasteiger partial charge in [-0.3, -0.25) is 4.79 Å². The summed E-state index contributed by atoms with van der Waals surface area (Å²) >= 11 is 0. The molecular formula is C12H16N2O. The number of Topliss-reactive ketones (excluding diaryl/α,β-unsaturated/α-hetero) is 1. The highest BCUT2D eigenvalue weighted by Crippen LogP contribution is 2.25. The molecule has 1 unspecified atom stereocenters. The van der Waals surface area contributed by atoms with Gasteiger partial charge in [0.25, 0.3) is 0 Å². The number of anilines is 1. The van der Waals surface area contributed by atoms with Crippen molar-refractivity contribution in [2.75, 3.05) is 12.4 Å². The maximum absolute atomic E-state index is 11.9. The van der Waals surface area contributed by atoms with Crippen molar-refractivity contribution in [2.45, 2.75) is 25.4 Å². The van der Waals surface area contributed by atoms with Crippen molar-refractivity contribution in [3.63, 3.8) is 0 Å². The molecule has 0 amide bonds. The largest absolute Gasteiger partial charge is 0.375 e. The van der Waals surface area contributed by atoms with E-state index in [-0.39, 0.29) is 17.9 Å². The van der Waals surface area contributed by atoms with Gasteiger partial charge in [-0.25, -0.2) is 0 Å². The Labute approximate surface area is 89.9 Å². The van der Waals surface area contributed by atoms with Crippen molar-refractivity contribution in [1.29, 1.82) is 0 Å². The van der Waals surface area contributed by atoms with Crippen LogP contribution in [0.2, 0.25) is 0 Å². The van der Waals surface area contributed by atoms with Gasteiger partial charge in [-0.15, -0.1) is 0 Å². The SMILES string of the molecule is CN[C@H](C)C(=O)C1Cc2ccccc2N1. The predicted molar refractivity (Wildman–Crippen MR) is 61.1 cm³/mol. The molecule has 15 heavy (non-hydrogen) atoms. The van der Waals surface area contributed by atoms with Gasteiger partial charge in [-0.1, -0.05) is 18.2 Å². The van der Waals surface area contributed by atoms with E-state index in [2.05, 4.69) is 16.7 Å². The van der Waals surface area contributed by atoms with Crippen LogP contribution in [0.4, 0.5) is 5.69 Å². The number of fused-ring (bicyclic) bond motifs is 1. The molecule has 0 fully saturated rings. The topological polar surface area (TPSA) is 41.1 Å². The van der Waals surface area contributed by atoms with Crippen LogP contribution in [0.25, 0.3) is 0 Å². The minimum absolute atomic E-state index is 0.0650. The second-order valence-electron chi connectivity index (χ2n) is 3.97. The maximum Gasteiger partial charge on any atom is 0.171 e. The fourth-order valence-electron chi connectivity index (χ4n) is 1.91. The molecule has 2 atom stereocenters. The first kappa shape index (κ1) is 10.2. The number of rotatable bonds is 3. The monoisotopic (exact) mass is 204 g/mol. The van der Waals surface area contributed by atoms with Crippen molar-refractivity contribution >= 4 is 11.5 Å². The van der Waals surface area contributed by atoms with Crippen LogP contribution in [0.3, 0.4) is 0 Å². The number of ketones is 1. The van der Waals surface area contributed by atoms with Gasteiger partial charge in [-0.05, 0) is 25.6 Å². The summed E-state index contributed by atoms with van der Waals surface area (Å²) in [5, 5.41) is 6.24. The summed E-state index contributed by atoms with van der Waals surface area (Å²) in [5.41, 5.74) is 2.33. The Morgan fingerprint density at radius 1 is 1.53 bits per heavy atom. The molecule has 3 heteroatoms. The third kappa shape index (κ3) is 1.88. The van der Waals surface area contributed by atoms with Crippen molar-refractivity contribution in [1.82, 2.24) is 5.32 Å². The molecule has 0 saturated carbocycles. The van der Waals surface area contributed by atoms with Crippen LogP contribution < -0.4 is 10.6 Å². The minimum atomic E-state index is -0.0863. The van der Waals surface area contributed by atoms with Gasteiger partial charge in [0.1, 0.15) is 0 Å². The zero-order valence-electron chi connectivity index (χ0n) is 9.08. The molecule has 2 N–H and O–H groups in total. The normalized spacial score (nSPS) is 20.5. The van der Waals surface area contributed by atoms with E-state index in [1.54, 1.807) is 0 Å². The summed E-state index contributed by atoms with van der Waals surface area (Å²) < 4.78 is 0. The number of para-hydroxylation sites is 1. The summed E-state index contributed by atoms with van der Waals surface area (Å²) in [6, 6.07) is 7.93. The Morgan fingerprint density at radius 2 is 2.27 bits per heavy atom. The van der Waals surface area contributed by atoms with Gasteiger partial charge in [0, 0.05) is 12.1 Å². The van der Waals surface area contributed by atoms with Gasteiger partial charge in [0.15, 0.2) is 5.78 Å². The Kier molecular flexibility index (Phi) is 2.73. The summed E-state index contributed by atoms with van der Waals surface area (Å²) in [7, 11) is 1.81. The highest BCUT2D eigenvalue weighted by Gasteiger charge is 2.28. The van der Waals surface area contributed by atoms with E-state index in [1.807, 2.05) is 32.2 Å². The Balaban J connectivity index is 2.10. The molecular weight excluding hydrogens is 188 g/mol. The summed E-state index contributed by atoms with van der Waals surface area (Å²) in [4.78, 5) is 11.9. The van der Waals surface area contributed by atoms with Crippen LogP contribution in [-0.4, -0.2) is 24.9 Å². The molecule has 80 valence electrons. The van der Waals surface area contributed by atoms with E-state index in [0.717, 1.165) is 12.1 Å². The van der Waals surface area contributed by atoms with Gasteiger partial charge in [-0.2, -0.15) is 0 Å². The molecule has 1 heterocycles. The van der Waals surface area contributed by atoms with Crippen LogP contribution >= 0.6 is 0 Å². The van der Waals surface area contributed by atoms with E-state index >= 15 is 0 Å². The van der Waals surface area contributed by atoms with E-state index in [4.69, 9.17) is 0 Å². The molecule has 0 aliphatic carbocycles. The standard InChI is InChI=1S/C12H16N2O/c1-8(13-2)12(15)11-7-9-5-3-4-6-10(9)14-11/h3-6,8,11,13-14H,7H2,1-2H3/t8-,11?/m1/s1. The first-order valence-corrected chi connectivity index (χ1v) is 5.28. The molecule has 0 spiro atoms. The molecule has 0 bridgehead atoms. The minimum Gasteiger partial charge on any atom is -0.375 e. The van der Waals surface area contributed by atoms with Crippen molar-refractivity contribution in [2.24, 2.45) is 0 Å². The number of carbonyl (C=O) groups is 1. The number of hydrogen-bond acceptors (Lipinski definition) is 3. The first-order valence-electron chi connectivity index (χ1n) is 5.28. The highest BCUT2D eigenvalue weighted by atomic mass is 16.1. The van der Waals surface area contributed by atoms with Gasteiger partial charge < -0.3 is 10.6 Å². The lowest BCUT2D eigenvalue weighted by atomic mass is 10.0. The number of hydrogen-bond donors (Lipinski definition) is 2. The Hall–Kier alpha value is -1.35. The molecule has 0 aromatic heterocycles. The fraction of sp³-hybridized carbons (Fsp3) is 0.417. The lowest BCUT2D eigenvalue weighted by Gasteiger charge is -2.15. The number of carbonyl (C=O) groups excluding carboxylic acids is 1. The van der Waals surface area contributed by atoms with E-state index < -0.39 is 0 Å². The molecule has 1 aliphatic heterocycles. The van der Waals surface area contributed by atoms with Crippen molar-refractivity contribution < 1.29 is 4.79 Å². The van der Waals surface area contributed by atoms with Crippen LogP contribution in [-0.2, 0) is 11.2 Å². The van der Waals surface area contributed by atoms with E-state index in [1.165, 1.54) is 5.56 Å². The Bertz CT molecular complexity index is 351. The number of likely N-dealkylation sites (N-methyl/N-ethyl adjacent to an activating group) is 1. The maximum atomic E-state index is 11.9. The van der Waals surface area contributed by atoms with Crippen molar-refractivity contribution in [3.8, 4) is 0 Å². The zero-order chi connectivity index (χ0) is 10.8. The van der Waals surface area contributed by atoms with Crippen LogP contribution in [0.5, 0.6) is 0 Å². The quantitative estimate of drug-likeness (QED) is 0.777. The van der Waals surface area contributed by atoms with Gasteiger partial charge >= 0.3 is 0 Å². The Morgan fingerprint density at radius 3 is 2.93 bits per heavy atom. The lowest BCUT2D eigenvalue weighted by Crippen LogP contribution is -2.41. The second-order valence-corrected chi connectivity index (χ2v) is 3.97. The molecule has 0 saturated heterocycles. The summed E-state index contributed by atoms with van der Waals surface area (Å²) in [6.45, 7) is 1.90. The van der Waals surface area contributed by atoms with E-state index in [9.17, 15) is 4.79 Å². The molecule has 1 aliphatic rings. The van der Waals surface area contributed by atoms with Gasteiger partial charge in [0.2, 0.25) is 0 Å². The molecule has 0 radical (unpaired) electrons. The average molecular weight is 204 g/mol. The highest BCUT2D eigenvalue weighted by molar-refractivity contribution is 5.93. The van der Waals surface area contributed by atoms with Crippen LogP contribution in [0.1, 0.15) is 12.5 Å². The molecule has 1 aromatic rings. The smallest absolute Gasteiger partial charge is 0.171 e. The molecule has 1 aromatic carbocycles. The third-order valence-corrected chi connectivity index (χ3v) is 2.97. The number of benzene rings is 1. The third-order valence-electron chi connectivity index (χ3n) is 2.97. The molecule has 2 rings (SSSR count). The van der Waals surface area contributed by atoms with Crippen LogP contribution in [0.15, 0.2) is 24.3 Å². The van der Waals surface area contributed by atoms with Crippen molar-refractivity contribution in [3.05, 3.63) is 29.8 Å². The summed E-state index contributed by atoms with van der Waals surface area (Å²) in [6.07, 6.45) is 0.807. The fourth-order valence-corrected chi connectivity index (χ4v) is 1.91. The number of nitrogens with one attached hydrogen (secondary N) is 2.